The number of benzene rings is 2. The van der Waals surface area contributed by atoms with Crippen molar-refractivity contribution >= 4 is 27.9 Å². The van der Waals surface area contributed by atoms with Crippen molar-refractivity contribution in [2.45, 2.75) is 19.9 Å². The van der Waals surface area contributed by atoms with E-state index in [9.17, 15) is 14.3 Å². The first-order chi connectivity index (χ1) is 12.0. The average Bonchev–Trinajstić information content (AvgIpc) is 3.14. The summed E-state index contributed by atoms with van der Waals surface area (Å²) in [7, 11) is 0. The van der Waals surface area contributed by atoms with Gasteiger partial charge in [-0.3, -0.25) is 5.10 Å². The van der Waals surface area contributed by atoms with Crippen LogP contribution in [-0.2, 0) is 0 Å². The van der Waals surface area contributed by atoms with Crippen LogP contribution in [0, 0.1) is 5.82 Å². The number of aromatic amines is 1. The number of H-pyrrole nitrogens is 1. The van der Waals surface area contributed by atoms with Crippen molar-refractivity contribution in [3.63, 3.8) is 0 Å². The van der Waals surface area contributed by atoms with Crippen LogP contribution in [0.25, 0.3) is 33.5 Å². The Kier molecular flexibility index (Phi) is 3.31. The Morgan fingerprint density at radius 2 is 2.04 bits per heavy atom. The summed E-state index contributed by atoms with van der Waals surface area (Å²) in [5, 5.41) is 17.1. The van der Waals surface area contributed by atoms with E-state index in [2.05, 4.69) is 15.2 Å². The maximum Gasteiger partial charge on any atom is 0.335 e. The Morgan fingerprint density at radius 1 is 1.24 bits per heavy atom. The molecule has 0 radical (unpaired) electrons. The molecular formula is C18H15FN4O2. The van der Waals surface area contributed by atoms with Crippen LogP contribution in [0.15, 0.2) is 36.4 Å². The fraction of sp³-hybridized carbons (Fsp3) is 0.167. The van der Waals surface area contributed by atoms with Crippen LogP contribution < -0.4 is 0 Å². The maximum absolute atomic E-state index is 13.7. The predicted octanol–water partition coefficient (Wildman–Crippen LogP) is 4.00. The molecule has 0 atom stereocenters. The number of aromatic nitrogens is 4. The first-order valence-corrected chi connectivity index (χ1v) is 7.85. The summed E-state index contributed by atoms with van der Waals surface area (Å²) >= 11 is 0. The predicted molar refractivity (Wildman–Crippen MR) is 92.1 cm³/mol. The van der Waals surface area contributed by atoms with Crippen LogP contribution in [0.5, 0.6) is 0 Å². The smallest absolute Gasteiger partial charge is 0.335 e. The maximum atomic E-state index is 13.7. The molecule has 0 spiro atoms. The first kappa shape index (κ1) is 15.3. The van der Waals surface area contributed by atoms with Crippen molar-refractivity contribution in [2.24, 2.45) is 0 Å². The van der Waals surface area contributed by atoms with Crippen LogP contribution >= 0.6 is 0 Å². The molecule has 25 heavy (non-hydrogen) atoms. The quantitative estimate of drug-likeness (QED) is 0.591. The lowest BCUT2D eigenvalue weighted by atomic mass is 10.1. The van der Waals surface area contributed by atoms with Crippen LogP contribution in [0.3, 0.4) is 0 Å². The van der Waals surface area contributed by atoms with Gasteiger partial charge in [0, 0.05) is 11.4 Å². The topological polar surface area (TPSA) is 83.8 Å². The summed E-state index contributed by atoms with van der Waals surface area (Å²) in [6, 6.07) is 9.24. The summed E-state index contributed by atoms with van der Waals surface area (Å²) in [6.07, 6.45) is 0. The third-order valence-electron chi connectivity index (χ3n) is 4.19. The molecule has 0 fully saturated rings. The van der Waals surface area contributed by atoms with Gasteiger partial charge in [-0.25, -0.2) is 14.2 Å². The van der Waals surface area contributed by atoms with E-state index in [0.717, 1.165) is 0 Å². The lowest BCUT2D eigenvalue weighted by Gasteiger charge is -2.12. The summed E-state index contributed by atoms with van der Waals surface area (Å²) in [4.78, 5) is 15.9. The molecule has 0 amide bonds. The highest BCUT2D eigenvalue weighted by atomic mass is 19.1. The number of halogens is 1. The minimum Gasteiger partial charge on any atom is -0.478 e. The van der Waals surface area contributed by atoms with Gasteiger partial charge in [-0.05, 0) is 50.2 Å². The van der Waals surface area contributed by atoms with Crippen molar-refractivity contribution in [3.05, 3.63) is 47.8 Å². The Hall–Kier alpha value is -3.22. The zero-order chi connectivity index (χ0) is 17.7. The second kappa shape index (κ2) is 5.41. The Bertz CT molecular complexity index is 1130. The number of carboxylic acid groups (broad SMARTS) is 1. The number of hydrogen-bond donors (Lipinski definition) is 2. The monoisotopic (exact) mass is 338 g/mol. The first-order valence-electron chi connectivity index (χ1n) is 7.85. The Morgan fingerprint density at radius 3 is 2.76 bits per heavy atom. The molecule has 6 nitrogen and oxygen atoms in total. The number of nitrogens with zero attached hydrogens (tertiary/aromatic N) is 3. The van der Waals surface area contributed by atoms with Crippen molar-refractivity contribution in [2.75, 3.05) is 0 Å². The van der Waals surface area contributed by atoms with Gasteiger partial charge in [-0.1, -0.05) is 0 Å². The van der Waals surface area contributed by atoms with Crippen molar-refractivity contribution in [1.82, 2.24) is 19.7 Å². The van der Waals surface area contributed by atoms with E-state index in [1.54, 1.807) is 18.2 Å². The van der Waals surface area contributed by atoms with Crippen molar-refractivity contribution < 1.29 is 14.3 Å². The van der Waals surface area contributed by atoms with Gasteiger partial charge in [-0.2, -0.15) is 5.10 Å². The SMILES string of the molecule is CC(C)n1c(-c2n[nH]c3ccc(C(=O)O)cc23)nc2ccc(F)cc21. The van der Waals surface area contributed by atoms with Crippen molar-refractivity contribution in [3.8, 4) is 11.5 Å². The third-order valence-corrected chi connectivity index (χ3v) is 4.19. The number of imidazole rings is 1. The second-order valence-electron chi connectivity index (χ2n) is 6.17. The molecule has 7 heteroatoms. The van der Waals surface area contributed by atoms with E-state index >= 15 is 0 Å². The van der Waals surface area contributed by atoms with Crippen molar-refractivity contribution in [1.29, 1.82) is 0 Å². The molecule has 0 aliphatic heterocycles. The standard InChI is InChI=1S/C18H15FN4O2/c1-9(2)23-15-8-11(19)4-6-14(15)20-17(23)16-12-7-10(18(24)25)3-5-13(12)21-22-16/h3-9H,1-2H3,(H,21,22)(H,24,25). The molecular weight excluding hydrogens is 323 g/mol. The fourth-order valence-electron chi connectivity index (χ4n) is 3.07. The zero-order valence-electron chi connectivity index (χ0n) is 13.6. The molecule has 0 saturated carbocycles. The van der Waals surface area contributed by atoms with Crippen LogP contribution in [0.2, 0.25) is 0 Å². The number of fused-ring (bicyclic) bond motifs is 2. The number of aromatic carboxylic acids is 1. The molecule has 2 N–H and O–H groups in total. The lowest BCUT2D eigenvalue weighted by molar-refractivity contribution is 0.0697. The summed E-state index contributed by atoms with van der Waals surface area (Å²) in [6.45, 7) is 3.96. The fourth-order valence-corrected chi connectivity index (χ4v) is 3.07. The number of nitrogens with one attached hydrogen (secondary N) is 1. The average molecular weight is 338 g/mol. The van der Waals surface area contributed by atoms with Gasteiger partial charge >= 0.3 is 5.97 Å². The van der Waals surface area contributed by atoms with E-state index in [0.29, 0.717) is 33.5 Å². The van der Waals surface area contributed by atoms with E-state index in [-0.39, 0.29) is 17.4 Å². The molecule has 0 aliphatic rings. The minimum atomic E-state index is -1.01. The summed E-state index contributed by atoms with van der Waals surface area (Å²) < 4.78 is 15.6. The molecule has 2 aromatic heterocycles. The molecule has 0 bridgehead atoms. The molecule has 4 rings (SSSR count). The highest BCUT2D eigenvalue weighted by Crippen LogP contribution is 2.32. The molecule has 2 heterocycles. The number of rotatable bonds is 3. The highest BCUT2D eigenvalue weighted by Gasteiger charge is 2.20. The molecule has 126 valence electrons. The number of carboxylic acids is 1. The molecule has 0 aliphatic carbocycles. The van der Waals surface area contributed by atoms with Gasteiger partial charge in [0.15, 0.2) is 5.82 Å². The van der Waals surface area contributed by atoms with Gasteiger partial charge in [0.1, 0.15) is 11.5 Å². The van der Waals surface area contributed by atoms with E-state index in [4.69, 9.17) is 0 Å². The Labute approximate surface area is 141 Å². The van der Waals surface area contributed by atoms with Gasteiger partial charge in [0.25, 0.3) is 0 Å². The van der Waals surface area contributed by atoms with Gasteiger partial charge in [-0.15, -0.1) is 0 Å². The summed E-state index contributed by atoms with van der Waals surface area (Å²) in [5.74, 6) is -0.765. The molecule has 2 aromatic carbocycles. The lowest BCUT2D eigenvalue weighted by Crippen LogP contribution is -2.03. The van der Waals surface area contributed by atoms with Crippen LogP contribution in [0.4, 0.5) is 4.39 Å². The normalized spacial score (nSPS) is 11.7. The number of hydrogen-bond acceptors (Lipinski definition) is 3. The number of carbonyl (C=O) groups is 1. The summed E-state index contributed by atoms with van der Waals surface area (Å²) in [5.41, 5.74) is 2.77. The van der Waals surface area contributed by atoms with E-state index < -0.39 is 5.97 Å². The highest BCUT2D eigenvalue weighted by molar-refractivity contribution is 5.99. The van der Waals surface area contributed by atoms with E-state index in [1.807, 2.05) is 18.4 Å². The Balaban J connectivity index is 2.04. The van der Waals surface area contributed by atoms with Gasteiger partial charge in [0.2, 0.25) is 0 Å². The largest absolute Gasteiger partial charge is 0.478 e. The van der Waals surface area contributed by atoms with Crippen LogP contribution in [0.1, 0.15) is 30.2 Å². The second-order valence-corrected chi connectivity index (χ2v) is 6.17. The molecule has 0 unspecified atom stereocenters. The van der Waals surface area contributed by atoms with Gasteiger partial charge < -0.3 is 9.67 Å². The molecule has 0 saturated heterocycles. The van der Waals surface area contributed by atoms with E-state index in [1.165, 1.54) is 18.2 Å². The molecule has 4 aromatic rings. The zero-order valence-corrected chi connectivity index (χ0v) is 13.6. The third kappa shape index (κ3) is 2.36. The van der Waals surface area contributed by atoms with Gasteiger partial charge in [0.05, 0.1) is 22.1 Å². The minimum absolute atomic E-state index is 0.0243. The van der Waals surface area contributed by atoms with Crippen LogP contribution in [-0.4, -0.2) is 30.8 Å².